The van der Waals surface area contributed by atoms with Crippen LogP contribution in [-0.4, -0.2) is 45.4 Å². The summed E-state index contributed by atoms with van der Waals surface area (Å²) >= 11 is 12.0. The first-order valence-electron chi connectivity index (χ1n) is 11.0. The molecule has 35 heavy (non-hydrogen) atoms. The van der Waals surface area contributed by atoms with Crippen LogP contribution in [0.3, 0.4) is 0 Å². The van der Waals surface area contributed by atoms with Crippen molar-refractivity contribution in [2.24, 2.45) is 5.92 Å². The second-order valence-electron chi connectivity index (χ2n) is 8.33. The van der Waals surface area contributed by atoms with Crippen LogP contribution in [0.2, 0.25) is 10.0 Å². The molecule has 0 saturated carbocycles. The molecule has 1 aliphatic heterocycles. The third-order valence-corrected chi connectivity index (χ3v) is 6.38. The Bertz CT molecular complexity index is 1160. The van der Waals surface area contributed by atoms with Gasteiger partial charge in [0, 0.05) is 12.0 Å². The molecule has 186 valence electrons. The molecule has 0 radical (unpaired) electrons. The van der Waals surface area contributed by atoms with Gasteiger partial charge in [-0.3, -0.25) is 4.79 Å². The molecule has 1 heterocycles. The summed E-state index contributed by atoms with van der Waals surface area (Å²) in [6.45, 7) is 3.50. The number of phenols is 1. The highest BCUT2D eigenvalue weighted by molar-refractivity contribution is 6.42. The quantitative estimate of drug-likeness (QED) is 0.501. The number of cyclic esters (lactones) is 1. The number of aromatic hydroxyl groups is 1. The van der Waals surface area contributed by atoms with Gasteiger partial charge in [0.05, 0.1) is 16.1 Å². The van der Waals surface area contributed by atoms with E-state index in [9.17, 15) is 24.9 Å². The van der Waals surface area contributed by atoms with Crippen molar-refractivity contribution in [2.45, 2.75) is 45.2 Å². The Morgan fingerprint density at radius 3 is 2.51 bits per heavy atom. The Kier molecular flexibility index (Phi) is 8.97. The van der Waals surface area contributed by atoms with Gasteiger partial charge in [-0.1, -0.05) is 54.4 Å². The molecule has 2 aromatic carbocycles. The molecule has 0 aliphatic carbocycles. The van der Waals surface area contributed by atoms with E-state index in [-0.39, 0.29) is 41.6 Å². The van der Waals surface area contributed by atoms with Gasteiger partial charge in [-0.15, -0.1) is 0 Å². The Morgan fingerprint density at radius 2 is 1.80 bits per heavy atom. The van der Waals surface area contributed by atoms with Crippen molar-refractivity contribution in [3.63, 3.8) is 0 Å². The molecule has 0 saturated heterocycles. The Hall–Kier alpha value is -2.84. The van der Waals surface area contributed by atoms with E-state index in [1.165, 1.54) is 36.4 Å². The Labute approximate surface area is 213 Å². The first-order chi connectivity index (χ1) is 16.6. The van der Waals surface area contributed by atoms with E-state index in [1.54, 1.807) is 32.0 Å². The van der Waals surface area contributed by atoms with Crippen LogP contribution in [0.1, 0.15) is 41.8 Å². The van der Waals surface area contributed by atoms with Crippen LogP contribution in [0.4, 0.5) is 0 Å². The van der Waals surface area contributed by atoms with Crippen LogP contribution in [0.15, 0.2) is 48.6 Å². The maximum atomic E-state index is 12.9. The fraction of sp³-hybridized carbons (Fsp3) is 0.308. The summed E-state index contributed by atoms with van der Waals surface area (Å²) in [5.74, 6) is -1.85. The number of fused-ring (bicyclic) bond motifs is 1. The van der Waals surface area contributed by atoms with Crippen LogP contribution >= 0.6 is 23.2 Å². The molecule has 4 atom stereocenters. The SMILES string of the molecule is C[C@@H]1/C=C\C(=O)[C@@H](O)[C@@H](O)C/C=C/c2cc(OCc3ccc(Cl)c(Cl)c3)cc(O)c2C(=O)O[C@H]1C. The van der Waals surface area contributed by atoms with Gasteiger partial charge in [-0.25, -0.2) is 4.79 Å². The highest BCUT2D eigenvalue weighted by Gasteiger charge is 2.25. The highest BCUT2D eigenvalue weighted by atomic mass is 35.5. The van der Waals surface area contributed by atoms with Crippen molar-refractivity contribution >= 4 is 41.0 Å². The molecule has 0 bridgehead atoms. The number of carbonyl (C=O) groups is 2. The lowest BCUT2D eigenvalue weighted by Gasteiger charge is -2.20. The normalized spacial score (nSPS) is 25.2. The summed E-state index contributed by atoms with van der Waals surface area (Å²) < 4.78 is 11.3. The smallest absolute Gasteiger partial charge is 0.342 e. The maximum absolute atomic E-state index is 12.9. The van der Waals surface area contributed by atoms with Crippen molar-refractivity contribution < 1.29 is 34.4 Å². The number of aliphatic hydroxyl groups excluding tert-OH is 2. The third kappa shape index (κ3) is 6.86. The van der Waals surface area contributed by atoms with E-state index in [1.807, 2.05) is 0 Å². The molecule has 7 nitrogen and oxygen atoms in total. The summed E-state index contributed by atoms with van der Waals surface area (Å²) in [6, 6.07) is 7.89. The first kappa shape index (κ1) is 26.8. The van der Waals surface area contributed by atoms with Crippen LogP contribution in [-0.2, 0) is 16.1 Å². The second kappa shape index (κ2) is 11.7. The number of phenolic OH excluding ortho intramolecular Hbond substituents is 1. The van der Waals surface area contributed by atoms with E-state index < -0.39 is 30.1 Å². The lowest BCUT2D eigenvalue weighted by molar-refractivity contribution is -0.127. The minimum atomic E-state index is -1.60. The Morgan fingerprint density at radius 1 is 1.06 bits per heavy atom. The predicted molar refractivity (Wildman–Crippen MR) is 133 cm³/mol. The van der Waals surface area contributed by atoms with Gasteiger partial charge >= 0.3 is 5.97 Å². The van der Waals surface area contributed by atoms with Crippen LogP contribution < -0.4 is 4.74 Å². The number of hydrogen-bond acceptors (Lipinski definition) is 7. The van der Waals surface area contributed by atoms with Crippen molar-refractivity contribution in [1.29, 1.82) is 0 Å². The van der Waals surface area contributed by atoms with Gasteiger partial charge < -0.3 is 24.8 Å². The average molecular weight is 521 g/mol. The summed E-state index contributed by atoms with van der Waals surface area (Å²) in [6.07, 6.45) is 1.97. The fourth-order valence-corrected chi connectivity index (χ4v) is 3.67. The average Bonchev–Trinajstić information content (AvgIpc) is 2.81. The number of benzene rings is 2. The monoisotopic (exact) mass is 520 g/mol. The second-order valence-corrected chi connectivity index (χ2v) is 9.14. The molecular formula is C26H26Cl2O7. The van der Waals surface area contributed by atoms with Crippen LogP contribution in [0.5, 0.6) is 11.5 Å². The lowest BCUT2D eigenvalue weighted by Crippen LogP contribution is -2.32. The molecule has 0 amide bonds. The number of esters is 1. The van der Waals surface area contributed by atoms with Crippen LogP contribution in [0, 0.1) is 5.92 Å². The standard InChI is InChI=1S/C26H26Cl2O7/c1-14-6-9-22(30)25(32)21(29)5-3-4-17-11-18(12-23(31)24(17)26(33)35-15(14)2)34-13-16-7-8-19(27)20(28)10-16/h3-4,6-12,14-15,21,25,29,31-32H,5,13H2,1-2H3/b4-3+,9-6-/t14-,15+,21+,25+/m1/s1. The number of hydrogen-bond donors (Lipinski definition) is 3. The van der Waals surface area contributed by atoms with Gasteiger partial charge in [0.2, 0.25) is 0 Å². The van der Waals surface area contributed by atoms with Gasteiger partial charge in [0.1, 0.15) is 35.9 Å². The number of aliphatic hydroxyl groups is 2. The van der Waals surface area contributed by atoms with Gasteiger partial charge in [0.25, 0.3) is 0 Å². The molecule has 3 rings (SSSR count). The predicted octanol–water partition coefficient (Wildman–Crippen LogP) is 4.72. The Balaban J connectivity index is 1.94. The largest absolute Gasteiger partial charge is 0.507 e. The van der Waals surface area contributed by atoms with Gasteiger partial charge in [-0.2, -0.15) is 0 Å². The number of halogens is 2. The fourth-order valence-electron chi connectivity index (χ4n) is 3.34. The highest BCUT2D eigenvalue weighted by Crippen LogP contribution is 2.32. The molecule has 9 heteroatoms. The first-order valence-corrected chi connectivity index (χ1v) is 11.7. The zero-order chi connectivity index (χ0) is 25.7. The van der Waals surface area contributed by atoms with E-state index >= 15 is 0 Å². The van der Waals surface area contributed by atoms with Gasteiger partial charge in [-0.05, 0) is 48.7 Å². The molecule has 0 unspecified atom stereocenters. The van der Waals surface area contributed by atoms with Crippen molar-refractivity contribution in [1.82, 2.24) is 0 Å². The minimum absolute atomic E-state index is 0.0731. The summed E-state index contributed by atoms with van der Waals surface area (Å²) in [7, 11) is 0. The molecule has 3 N–H and O–H groups in total. The summed E-state index contributed by atoms with van der Waals surface area (Å²) in [5.41, 5.74) is 0.945. The minimum Gasteiger partial charge on any atom is -0.507 e. The molecule has 2 aromatic rings. The van der Waals surface area contributed by atoms with E-state index in [4.69, 9.17) is 32.7 Å². The van der Waals surface area contributed by atoms with Crippen molar-refractivity contribution in [2.75, 3.05) is 0 Å². The summed E-state index contributed by atoms with van der Waals surface area (Å²) in [4.78, 5) is 25.1. The summed E-state index contributed by atoms with van der Waals surface area (Å²) in [5, 5.41) is 31.8. The molecule has 0 fully saturated rings. The van der Waals surface area contributed by atoms with E-state index in [0.717, 1.165) is 5.56 Å². The van der Waals surface area contributed by atoms with Crippen molar-refractivity contribution in [3.8, 4) is 11.5 Å². The van der Waals surface area contributed by atoms with Crippen LogP contribution in [0.25, 0.3) is 6.08 Å². The van der Waals surface area contributed by atoms with Gasteiger partial charge in [0.15, 0.2) is 5.78 Å². The third-order valence-electron chi connectivity index (χ3n) is 5.64. The maximum Gasteiger partial charge on any atom is 0.342 e. The number of rotatable bonds is 3. The zero-order valence-corrected chi connectivity index (χ0v) is 20.7. The molecular weight excluding hydrogens is 495 g/mol. The lowest BCUT2D eigenvalue weighted by atomic mass is 9.99. The number of carbonyl (C=O) groups excluding carboxylic acids is 2. The topological polar surface area (TPSA) is 113 Å². The number of ketones is 1. The van der Waals surface area contributed by atoms with E-state index in [0.29, 0.717) is 10.0 Å². The van der Waals surface area contributed by atoms with Crippen molar-refractivity contribution in [3.05, 3.63) is 75.3 Å². The van der Waals surface area contributed by atoms with E-state index in [2.05, 4.69) is 0 Å². The number of ether oxygens (including phenoxy) is 2. The molecule has 0 aromatic heterocycles. The molecule has 1 aliphatic rings. The zero-order valence-electron chi connectivity index (χ0n) is 19.2. The molecule has 0 spiro atoms.